The summed E-state index contributed by atoms with van der Waals surface area (Å²) in [5.41, 5.74) is 1.62. The molecule has 1 radical (unpaired) electrons. The van der Waals surface area contributed by atoms with Crippen molar-refractivity contribution < 1.29 is 32.7 Å². The molecular formula is C8H10N5Y-. The van der Waals surface area contributed by atoms with Crippen molar-refractivity contribution in [2.75, 3.05) is 19.0 Å². The molecule has 0 aromatic carbocycles. The summed E-state index contributed by atoms with van der Waals surface area (Å²) < 4.78 is 1.85. The van der Waals surface area contributed by atoms with E-state index in [4.69, 9.17) is 0 Å². The first-order chi connectivity index (χ1) is 6.20. The number of aryl methyl sites for hydroxylation is 1. The molecule has 71 valence electrons. The van der Waals surface area contributed by atoms with Crippen LogP contribution in [-0.2, 0) is 39.8 Å². The van der Waals surface area contributed by atoms with E-state index in [9.17, 15) is 0 Å². The van der Waals surface area contributed by atoms with Crippen LogP contribution in [0.25, 0.3) is 11.2 Å². The van der Waals surface area contributed by atoms with Gasteiger partial charge in [0.2, 0.25) is 0 Å². The second-order valence-electron chi connectivity index (χ2n) is 3.07. The van der Waals surface area contributed by atoms with E-state index in [2.05, 4.69) is 21.3 Å². The molecule has 5 nitrogen and oxygen atoms in total. The smallest absolute Gasteiger partial charge is 0.0833 e. The summed E-state index contributed by atoms with van der Waals surface area (Å²) in [6.07, 6.45) is 4.33. The molecule has 0 bridgehead atoms. The molecule has 0 amide bonds. The Kier molecular flexibility index (Phi) is 3.55. The maximum absolute atomic E-state index is 4.22. The Bertz CT molecular complexity index is 436. The maximum atomic E-state index is 4.22. The van der Waals surface area contributed by atoms with Gasteiger partial charge in [-0.2, -0.15) is 0 Å². The van der Waals surface area contributed by atoms with Crippen molar-refractivity contribution in [3.8, 4) is 0 Å². The van der Waals surface area contributed by atoms with Gasteiger partial charge in [0.1, 0.15) is 0 Å². The predicted molar refractivity (Wildman–Crippen MR) is 49.5 cm³/mol. The van der Waals surface area contributed by atoms with E-state index < -0.39 is 0 Å². The number of rotatable bonds is 1. The molecule has 0 saturated heterocycles. The van der Waals surface area contributed by atoms with Gasteiger partial charge >= 0.3 is 0 Å². The Morgan fingerprint density at radius 2 is 2.07 bits per heavy atom. The molecule has 0 aliphatic heterocycles. The average molecular weight is 265 g/mol. The van der Waals surface area contributed by atoms with Crippen LogP contribution in [0.5, 0.6) is 0 Å². The molecule has 0 unspecified atom stereocenters. The van der Waals surface area contributed by atoms with Crippen molar-refractivity contribution in [1.82, 2.24) is 19.5 Å². The number of imidazole rings is 1. The van der Waals surface area contributed by atoms with Crippen LogP contribution in [0.3, 0.4) is 0 Å². The number of hydrogen-bond acceptors (Lipinski definition) is 4. The van der Waals surface area contributed by atoms with Gasteiger partial charge in [0.15, 0.2) is 0 Å². The zero-order valence-electron chi connectivity index (χ0n) is 8.39. The fourth-order valence-corrected chi connectivity index (χ4v) is 1.20. The topological polar surface area (TPSA) is 46.8 Å². The average Bonchev–Trinajstić information content (AvgIpc) is 2.48. The molecule has 2 rings (SSSR count). The Morgan fingerprint density at radius 1 is 1.36 bits per heavy atom. The monoisotopic (exact) mass is 265 g/mol. The van der Waals surface area contributed by atoms with Crippen LogP contribution in [0.1, 0.15) is 0 Å². The fourth-order valence-electron chi connectivity index (χ4n) is 1.20. The van der Waals surface area contributed by atoms with Gasteiger partial charge < -0.3 is 19.4 Å². The molecule has 2 heterocycles. The SMILES string of the molecule is CN(C)c1n[c-]nc2c1ncn2C.[Y]. The third kappa shape index (κ3) is 1.79. The molecule has 0 atom stereocenters. The summed E-state index contributed by atoms with van der Waals surface area (Å²) in [6.45, 7) is 0. The standard InChI is InChI=1S/C8H10N5.Y/c1-12(2)7-6-8(10-4-9-7)13(3)5-11-6;/h5H,1-3H3;/q-1;. The van der Waals surface area contributed by atoms with Crippen molar-refractivity contribution >= 4 is 17.0 Å². The van der Waals surface area contributed by atoms with Gasteiger partial charge in [0, 0.05) is 63.1 Å². The molecule has 0 saturated carbocycles. The van der Waals surface area contributed by atoms with E-state index in [0.717, 1.165) is 17.0 Å². The van der Waals surface area contributed by atoms with Crippen LogP contribution in [0.4, 0.5) is 5.82 Å². The normalized spacial score (nSPS) is 9.93. The van der Waals surface area contributed by atoms with E-state index in [0.29, 0.717) is 0 Å². The largest absolute Gasteiger partial charge is 0.413 e. The zero-order chi connectivity index (χ0) is 9.42. The molecule has 2 aromatic rings. The van der Waals surface area contributed by atoms with Crippen LogP contribution in [-0.4, -0.2) is 33.6 Å². The van der Waals surface area contributed by atoms with Crippen LogP contribution >= 0.6 is 0 Å². The van der Waals surface area contributed by atoms with Crippen LogP contribution in [0, 0.1) is 6.33 Å². The molecule has 6 heteroatoms. The van der Waals surface area contributed by atoms with Gasteiger partial charge in [-0.25, -0.2) is 0 Å². The molecule has 0 aliphatic rings. The van der Waals surface area contributed by atoms with Crippen molar-refractivity contribution in [1.29, 1.82) is 0 Å². The van der Waals surface area contributed by atoms with Crippen LogP contribution in [0.15, 0.2) is 6.33 Å². The van der Waals surface area contributed by atoms with Crippen molar-refractivity contribution in [3.63, 3.8) is 0 Å². The first-order valence-electron chi connectivity index (χ1n) is 3.92. The van der Waals surface area contributed by atoms with Gasteiger partial charge in [-0.15, -0.1) is 0 Å². The minimum absolute atomic E-state index is 0. The number of nitrogens with zero attached hydrogens (tertiary/aromatic N) is 5. The molecule has 14 heavy (non-hydrogen) atoms. The summed E-state index contributed by atoms with van der Waals surface area (Å²) in [5.74, 6) is 0.797. The second-order valence-corrected chi connectivity index (χ2v) is 3.07. The minimum Gasteiger partial charge on any atom is -0.413 e. The van der Waals surface area contributed by atoms with E-state index >= 15 is 0 Å². The Hall–Kier alpha value is -0.546. The summed E-state index contributed by atoms with van der Waals surface area (Å²) in [4.78, 5) is 14.2. The molecule has 2 aromatic heterocycles. The summed E-state index contributed by atoms with van der Waals surface area (Å²) in [5, 5.41) is 0. The van der Waals surface area contributed by atoms with E-state index in [1.54, 1.807) is 6.33 Å². The Balaban J connectivity index is 0.000000980. The molecule has 0 N–H and O–H groups in total. The van der Waals surface area contributed by atoms with Gasteiger partial charge in [-0.05, 0) is 14.1 Å². The summed E-state index contributed by atoms with van der Waals surface area (Å²) >= 11 is 0. The van der Waals surface area contributed by atoms with Crippen molar-refractivity contribution in [3.05, 3.63) is 12.7 Å². The first-order valence-corrected chi connectivity index (χ1v) is 3.92. The maximum Gasteiger partial charge on any atom is 0.0833 e. The summed E-state index contributed by atoms with van der Waals surface area (Å²) in [7, 11) is 5.74. The quantitative estimate of drug-likeness (QED) is 0.692. The minimum atomic E-state index is 0. The fraction of sp³-hybridized carbons (Fsp3) is 0.375. The zero-order valence-corrected chi connectivity index (χ0v) is 11.2. The van der Waals surface area contributed by atoms with E-state index in [1.807, 2.05) is 30.6 Å². The van der Waals surface area contributed by atoms with Crippen molar-refractivity contribution in [2.45, 2.75) is 0 Å². The third-order valence-corrected chi connectivity index (χ3v) is 1.85. The van der Waals surface area contributed by atoms with E-state index in [1.165, 1.54) is 0 Å². The molecule has 0 aliphatic carbocycles. The van der Waals surface area contributed by atoms with Crippen LogP contribution in [0.2, 0.25) is 0 Å². The first kappa shape index (κ1) is 11.5. The Labute approximate surface area is 107 Å². The van der Waals surface area contributed by atoms with Crippen LogP contribution < -0.4 is 4.90 Å². The van der Waals surface area contributed by atoms with Gasteiger partial charge in [0.25, 0.3) is 0 Å². The number of hydrogen-bond donors (Lipinski definition) is 0. The molecule has 0 spiro atoms. The molecule has 0 fully saturated rings. The summed E-state index contributed by atoms with van der Waals surface area (Å²) in [6, 6.07) is 0. The van der Waals surface area contributed by atoms with E-state index in [-0.39, 0.29) is 32.7 Å². The van der Waals surface area contributed by atoms with Gasteiger partial charge in [-0.1, -0.05) is 0 Å². The third-order valence-electron chi connectivity index (χ3n) is 1.85. The number of aromatic nitrogens is 4. The van der Waals surface area contributed by atoms with Gasteiger partial charge in [0.05, 0.1) is 6.33 Å². The van der Waals surface area contributed by atoms with Crippen molar-refractivity contribution in [2.24, 2.45) is 7.05 Å². The van der Waals surface area contributed by atoms with Gasteiger partial charge in [-0.3, -0.25) is 4.98 Å². The molecular weight excluding hydrogens is 255 g/mol. The predicted octanol–water partition coefficient (Wildman–Crippen LogP) is 0.227. The number of anilines is 1. The Morgan fingerprint density at radius 3 is 2.71 bits per heavy atom. The second kappa shape index (κ2) is 4.32. The number of fused-ring (bicyclic) bond motifs is 1.